The van der Waals surface area contributed by atoms with Crippen LogP contribution in [-0.4, -0.2) is 45.7 Å². The molecule has 7 heteroatoms. The fourth-order valence-electron chi connectivity index (χ4n) is 2.49. The molecule has 1 aromatic rings. The lowest BCUT2D eigenvalue weighted by atomic mass is 9.95. The van der Waals surface area contributed by atoms with Crippen LogP contribution in [0.4, 0.5) is 4.79 Å². The molecule has 0 aliphatic carbocycles. The van der Waals surface area contributed by atoms with Gasteiger partial charge in [0, 0.05) is 24.9 Å². The summed E-state index contributed by atoms with van der Waals surface area (Å²) in [7, 11) is 0. The van der Waals surface area contributed by atoms with E-state index in [9.17, 15) is 9.59 Å². The Bertz CT molecular complexity index is 679. The molecule has 0 aromatic carbocycles. The first-order chi connectivity index (χ1) is 11.7. The second-order valence-corrected chi connectivity index (χ2v) is 6.85. The molecule has 136 valence electrons. The SMILES string of the molecule is CCOC(=O)c1cnc(C)nc1C1C=CN(C(=O)OC(C)(C)C)CC1. The number of aromatic nitrogens is 2. The summed E-state index contributed by atoms with van der Waals surface area (Å²) < 4.78 is 10.5. The third-order valence-electron chi connectivity index (χ3n) is 3.59. The number of ether oxygens (including phenoxy) is 2. The highest BCUT2D eigenvalue weighted by Gasteiger charge is 2.27. The van der Waals surface area contributed by atoms with Crippen molar-refractivity contribution in [2.45, 2.75) is 52.6 Å². The lowest BCUT2D eigenvalue weighted by molar-refractivity contribution is 0.0322. The minimum atomic E-state index is -0.539. The van der Waals surface area contributed by atoms with Gasteiger partial charge in [0.15, 0.2) is 0 Å². The second kappa shape index (κ2) is 7.63. The molecule has 2 rings (SSSR count). The Morgan fingerprint density at radius 1 is 1.36 bits per heavy atom. The third-order valence-corrected chi connectivity index (χ3v) is 3.59. The highest BCUT2D eigenvalue weighted by atomic mass is 16.6. The molecule has 0 radical (unpaired) electrons. The van der Waals surface area contributed by atoms with Gasteiger partial charge in [-0.15, -0.1) is 0 Å². The van der Waals surface area contributed by atoms with Crippen molar-refractivity contribution in [3.63, 3.8) is 0 Å². The number of allylic oxidation sites excluding steroid dienone is 1. The van der Waals surface area contributed by atoms with Gasteiger partial charge in [-0.3, -0.25) is 4.90 Å². The quantitative estimate of drug-likeness (QED) is 0.781. The molecule has 0 spiro atoms. The van der Waals surface area contributed by atoms with E-state index in [1.54, 1.807) is 20.0 Å². The fourth-order valence-corrected chi connectivity index (χ4v) is 2.49. The molecular weight excluding hydrogens is 322 g/mol. The number of amides is 1. The van der Waals surface area contributed by atoms with Gasteiger partial charge in [0.05, 0.1) is 12.3 Å². The van der Waals surface area contributed by atoms with E-state index < -0.39 is 11.6 Å². The van der Waals surface area contributed by atoms with Crippen molar-refractivity contribution in [3.8, 4) is 0 Å². The zero-order valence-corrected chi connectivity index (χ0v) is 15.4. The van der Waals surface area contributed by atoms with Crippen LogP contribution in [0.3, 0.4) is 0 Å². The van der Waals surface area contributed by atoms with E-state index in [0.717, 1.165) is 0 Å². The third kappa shape index (κ3) is 5.01. The van der Waals surface area contributed by atoms with Crippen LogP contribution >= 0.6 is 0 Å². The van der Waals surface area contributed by atoms with Gasteiger partial charge < -0.3 is 9.47 Å². The summed E-state index contributed by atoms with van der Waals surface area (Å²) in [4.78, 5) is 34.3. The summed E-state index contributed by atoms with van der Waals surface area (Å²) in [5.41, 5.74) is 0.460. The topological polar surface area (TPSA) is 81.6 Å². The molecule has 0 saturated heterocycles. The molecule has 1 aliphatic heterocycles. The van der Waals surface area contributed by atoms with Crippen molar-refractivity contribution < 1.29 is 19.1 Å². The molecule has 1 amide bonds. The Kier molecular flexibility index (Phi) is 5.77. The molecule has 1 aliphatic rings. The lowest BCUT2D eigenvalue weighted by Gasteiger charge is -2.29. The van der Waals surface area contributed by atoms with Gasteiger partial charge in [0.25, 0.3) is 0 Å². The first-order valence-corrected chi connectivity index (χ1v) is 8.40. The normalized spacial score (nSPS) is 17.3. The summed E-state index contributed by atoms with van der Waals surface area (Å²) in [5.74, 6) is 0.0753. The molecule has 7 nitrogen and oxygen atoms in total. The van der Waals surface area contributed by atoms with Crippen molar-refractivity contribution in [3.05, 3.63) is 35.6 Å². The van der Waals surface area contributed by atoms with Crippen LogP contribution in [-0.2, 0) is 9.47 Å². The number of hydrogen-bond donors (Lipinski definition) is 0. The minimum Gasteiger partial charge on any atom is -0.462 e. The summed E-state index contributed by atoms with van der Waals surface area (Å²) in [6, 6.07) is 0. The predicted octanol–water partition coefficient (Wildman–Crippen LogP) is 3.20. The molecule has 0 bridgehead atoms. The number of rotatable bonds is 3. The maximum atomic E-state index is 12.1. The monoisotopic (exact) mass is 347 g/mol. The van der Waals surface area contributed by atoms with Gasteiger partial charge in [-0.25, -0.2) is 19.6 Å². The maximum Gasteiger partial charge on any atom is 0.414 e. The highest BCUT2D eigenvalue weighted by molar-refractivity contribution is 5.90. The average Bonchev–Trinajstić information content (AvgIpc) is 2.53. The van der Waals surface area contributed by atoms with Crippen molar-refractivity contribution in [2.75, 3.05) is 13.2 Å². The predicted molar refractivity (Wildman–Crippen MR) is 92.2 cm³/mol. The molecule has 25 heavy (non-hydrogen) atoms. The van der Waals surface area contributed by atoms with Gasteiger partial charge in [-0.2, -0.15) is 0 Å². The van der Waals surface area contributed by atoms with E-state index in [2.05, 4.69) is 9.97 Å². The lowest BCUT2D eigenvalue weighted by Crippen LogP contribution is -2.36. The molecule has 2 heterocycles. The number of aryl methyl sites for hydroxylation is 1. The van der Waals surface area contributed by atoms with Crippen LogP contribution in [0.2, 0.25) is 0 Å². The van der Waals surface area contributed by atoms with E-state index in [1.807, 2.05) is 26.8 Å². The molecular formula is C18H25N3O4. The molecule has 0 N–H and O–H groups in total. The summed E-state index contributed by atoms with van der Waals surface area (Å²) in [6.07, 6.45) is 5.31. The highest BCUT2D eigenvalue weighted by Crippen LogP contribution is 2.27. The average molecular weight is 347 g/mol. The van der Waals surface area contributed by atoms with Crippen molar-refractivity contribution in [2.24, 2.45) is 0 Å². The van der Waals surface area contributed by atoms with Gasteiger partial charge in [0.2, 0.25) is 0 Å². The van der Waals surface area contributed by atoms with Crippen LogP contribution in [0.25, 0.3) is 0 Å². The van der Waals surface area contributed by atoms with Crippen LogP contribution in [0.15, 0.2) is 18.5 Å². The van der Waals surface area contributed by atoms with E-state index in [0.29, 0.717) is 36.7 Å². The molecule has 0 fully saturated rings. The Balaban J connectivity index is 2.19. The number of hydrogen-bond acceptors (Lipinski definition) is 6. The van der Waals surface area contributed by atoms with Crippen LogP contribution in [0.1, 0.15) is 61.9 Å². The summed E-state index contributed by atoms with van der Waals surface area (Å²) >= 11 is 0. The van der Waals surface area contributed by atoms with E-state index in [4.69, 9.17) is 9.47 Å². The largest absolute Gasteiger partial charge is 0.462 e. The van der Waals surface area contributed by atoms with Gasteiger partial charge in [-0.05, 0) is 41.0 Å². The Morgan fingerprint density at radius 2 is 2.08 bits per heavy atom. The van der Waals surface area contributed by atoms with Gasteiger partial charge in [0.1, 0.15) is 17.0 Å². The molecule has 0 saturated carbocycles. The van der Waals surface area contributed by atoms with Crippen LogP contribution < -0.4 is 0 Å². The van der Waals surface area contributed by atoms with Gasteiger partial charge >= 0.3 is 12.1 Å². The number of esters is 1. The first-order valence-electron chi connectivity index (χ1n) is 8.40. The molecule has 1 unspecified atom stereocenters. The Labute approximate surface area is 148 Å². The zero-order chi connectivity index (χ0) is 18.6. The van der Waals surface area contributed by atoms with E-state index in [1.165, 1.54) is 11.1 Å². The Hall–Kier alpha value is -2.44. The van der Waals surface area contributed by atoms with Gasteiger partial charge in [-0.1, -0.05) is 6.08 Å². The molecule has 1 atom stereocenters. The molecule has 1 aromatic heterocycles. The van der Waals surface area contributed by atoms with Crippen molar-refractivity contribution >= 4 is 12.1 Å². The summed E-state index contributed by atoms with van der Waals surface area (Å²) in [6.45, 7) is 9.80. The van der Waals surface area contributed by atoms with E-state index in [-0.39, 0.29) is 12.0 Å². The number of nitrogens with zero attached hydrogens (tertiary/aromatic N) is 3. The minimum absolute atomic E-state index is 0.0835. The Morgan fingerprint density at radius 3 is 2.64 bits per heavy atom. The fraction of sp³-hybridized carbons (Fsp3) is 0.556. The first kappa shape index (κ1) is 18.9. The van der Waals surface area contributed by atoms with E-state index >= 15 is 0 Å². The maximum absolute atomic E-state index is 12.1. The number of carbonyl (C=O) groups is 2. The second-order valence-electron chi connectivity index (χ2n) is 6.85. The van der Waals surface area contributed by atoms with Crippen LogP contribution in [0.5, 0.6) is 0 Å². The zero-order valence-electron chi connectivity index (χ0n) is 15.4. The van der Waals surface area contributed by atoms with Crippen LogP contribution in [0, 0.1) is 6.92 Å². The van der Waals surface area contributed by atoms with Crippen molar-refractivity contribution in [1.82, 2.24) is 14.9 Å². The van der Waals surface area contributed by atoms with Crippen molar-refractivity contribution in [1.29, 1.82) is 0 Å². The number of carbonyl (C=O) groups excluding carboxylic acids is 2. The smallest absolute Gasteiger partial charge is 0.414 e. The summed E-state index contributed by atoms with van der Waals surface area (Å²) in [5, 5.41) is 0. The standard InChI is InChI=1S/C18H25N3O4/c1-6-24-16(22)14-11-19-12(2)20-15(14)13-7-9-21(10-8-13)17(23)25-18(3,4)5/h7,9,11,13H,6,8,10H2,1-5H3.